The first kappa shape index (κ1) is 19.7. The minimum Gasteiger partial charge on any atom is -0.318 e. The van der Waals surface area contributed by atoms with Crippen LogP contribution < -0.4 is 10.7 Å². The summed E-state index contributed by atoms with van der Waals surface area (Å²) in [6.07, 6.45) is 1.59. The fourth-order valence-corrected chi connectivity index (χ4v) is 4.02. The molecule has 4 rings (SSSR count). The van der Waals surface area contributed by atoms with Gasteiger partial charge in [-0.05, 0) is 36.8 Å². The van der Waals surface area contributed by atoms with Crippen LogP contribution in [0.5, 0.6) is 0 Å². The number of nitrogens with zero attached hydrogens (tertiary/aromatic N) is 2. The van der Waals surface area contributed by atoms with Crippen molar-refractivity contribution >= 4 is 29.6 Å². The van der Waals surface area contributed by atoms with Gasteiger partial charge in [-0.3, -0.25) is 15.0 Å². The molecule has 0 aliphatic carbocycles. The molecular weight excluding hydrogens is 400 g/mol. The largest absolute Gasteiger partial charge is 0.344 e. The number of nitrogens with one attached hydrogen (secondary N) is 2. The number of amides is 4. The van der Waals surface area contributed by atoms with Crippen molar-refractivity contribution in [1.29, 1.82) is 0 Å². The van der Waals surface area contributed by atoms with E-state index in [2.05, 4.69) is 15.7 Å². The van der Waals surface area contributed by atoms with Gasteiger partial charge < -0.3 is 5.32 Å². The predicted molar refractivity (Wildman–Crippen MR) is 111 cm³/mol. The second-order valence-electron chi connectivity index (χ2n) is 6.77. The predicted octanol–water partition coefficient (Wildman–Crippen LogP) is 3.34. The Morgan fingerprint density at radius 1 is 1.00 bits per heavy atom. The zero-order valence-electron chi connectivity index (χ0n) is 16.0. The third-order valence-corrected chi connectivity index (χ3v) is 5.76. The molecule has 2 heterocycles. The molecule has 1 unspecified atom stereocenters. The van der Waals surface area contributed by atoms with Crippen molar-refractivity contribution in [3.05, 3.63) is 90.1 Å². The first-order valence-electron chi connectivity index (χ1n) is 9.20. The Morgan fingerprint density at radius 2 is 1.67 bits per heavy atom. The number of rotatable bonds is 5. The number of carbonyl (C=O) groups excluding carboxylic acids is 3. The van der Waals surface area contributed by atoms with Crippen molar-refractivity contribution in [2.45, 2.75) is 22.4 Å². The van der Waals surface area contributed by atoms with Gasteiger partial charge in [0.1, 0.15) is 10.6 Å². The fraction of sp³-hybridized carbons (Fsp3) is 0.0909. The molecule has 2 N–H and O–H groups in total. The van der Waals surface area contributed by atoms with E-state index < -0.39 is 23.4 Å². The van der Waals surface area contributed by atoms with Crippen LogP contribution in [0.3, 0.4) is 0 Å². The Labute approximate surface area is 177 Å². The number of pyridine rings is 1. The second-order valence-corrected chi connectivity index (χ2v) is 7.84. The molecule has 0 bridgehead atoms. The summed E-state index contributed by atoms with van der Waals surface area (Å²) in [6, 6.07) is 20.9. The maximum Gasteiger partial charge on any atom is 0.344 e. The van der Waals surface area contributed by atoms with Crippen LogP contribution in [0.25, 0.3) is 0 Å². The molecule has 8 heteroatoms. The Morgan fingerprint density at radius 3 is 2.37 bits per heavy atom. The lowest BCUT2D eigenvalue weighted by atomic mass is 9.92. The molecule has 7 nitrogen and oxygen atoms in total. The maximum atomic E-state index is 13.0. The summed E-state index contributed by atoms with van der Waals surface area (Å²) in [5.74, 6) is -1.16. The standard InChI is InChI=1S/C22H18N4O3S/c1-22(15-9-4-2-5-10-15)20(28)26(21(29)24-22)25-18(27)17-13-8-14-23-19(17)30-16-11-6-3-7-12-16/h2-14H,1H3,(H,24,29)(H,25,27). The lowest BCUT2D eigenvalue weighted by Crippen LogP contribution is -2.48. The van der Waals surface area contributed by atoms with E-state index >= 15 is 0 Å². The van der Waals surface area contributed by atoms with Crippen LogP contribution >= 0.6 is 11.8 Å². The summed E-state index contributed by atoms with van der Waals surface area (Å²) in [6.45, 7) is 1.61. The number of carbonyl (C=O) groups is 3. The lowest BCUT2D eigenvalue weighted by Gasteiger charge is -2.22. The monoisotopic (exact) mass is 418 g/mol. The van der Waals surface area contributed by atoms with E-state index in [0.717, 1.165) is 9.90 Å². The van der Waals surface area contributed by atoms with Crippen molar-refractivity contribution < 1.29 is 14.4 Å². The molecule has 0 saturated carbocycles. The van der Waals surface area contributed by atoms with Crippen LogP contribution in [0, 0.1) is 0 Å². The first-order valence-corrected chi connectivity index (χ1v) is 10.0. The van der Waals surface area contributed by atoms with E-state index in [-0.39, 0.29) is 5.56 Å². The maximum absolute atomic E-state index is 13.0. The van der Waals surface area contributed by atoms with Crippen molar-refractivity contribution in [3.63, 3.8) is 0 Å². The highest BCUT2D eigenvalue weighted by Crippen LogP contribution is 2.30. The molecule has 150 valence electrons. The number of hydrazine groups is 1. The highest BCUT2D eigenvalue weighted by Gasteiger charge is 2.50. The molecule has 1 atom stereocenters. The van der Waals surface area contributed by atoms with Gasteiger partial charge >= 0.3 is 6.03 Å². The molecule has 0 spiro atoms. The summed E-state index contributed by atoms with van der Waals surface area (Å²) >= 11 is 1.32. The smallest absolute Gasteiger partial charge is 0.318 e. The van der Waals surface area contributed by atoms with Gasteiger partial charge in [0, 0.05) is 11.1 Å². The van der Waals surface area contributed by atoms with Gasteiger partial charge in [0.2, 0.25) is 0 Å². The average Bonchev–Trinajstić information content (AvgIpc) is 2.99. The van der Waals surface area contributed by atoms with Crippen LogP contribution in [0.1, 0.15) is 22.8 Å². The molecule has 4 amide bonds. The van der Waals surface area contributed by atoms with Crippen LogP contribution in [0.15, 0.2) is 88.9 Å². The molecule has 2 aromatic carbocycles. The topological polar surface area (TPSA) is 91.4 Å². The van der Waals surface area contributed by atoms with Gasteiger partial charge in [-0.2, -0.15) is 5.01 Å². The summed E-state index contributed by atoms with van der Waals surface area (Å²) in [7, 11) is 0. The lowest BCUT2D eigenvalue weighted by molar-refractivity contribution is -0.132. The van der Waals surface area contributed by atoms with Crippen molar-refractivity contribution in [3.8, 4) is 0 Å². The van der Waals surface area contributed by atoms with Crippen molar-refractivity contribution in [2.75, 3.05) is 0 Å². The van der Waals surface area contributed by atoms with E-state index in [9.17, 15) is 14.4 Å². The fourth-order valence-electron chi connectivity index (χ4n) is 3.11. The number of hydrogen-bond acceptors (Lipinski definition) is 5. The molecule has 1 fully saturated rings. The first-order chi connectivity index (χ1) is 14.5. The number of aromatic nitrogens is 1. The molecule has 3 aromatic rings. The van der Waals surface area contributed by atoms with Gasteiger partial charge in [0.15, 0.2) is 0 Å². The Balaban J connectivity index is 1.56. The number of urea groups is 1. The van der Waals surface area contributed by atoms with E-state index in [1.54, 1.807) is 49.5 Å². The number of imide groups is 1. The minimum atomic E-state index is -1.26. The quantitative estimate of drug-likeness (QED) is 0.620. The Hall–Kier alpha value is -3.65. The Bertz CT molecular complexity index is 1110. The summed E-state index contributed by atoms with van der Waals surface area (Å²) < 4.78 is 0. The van der Waals surface area contributed by atoms with Crippen LogP contribution in [-0.2, 0) is 10.3 Å². The van der Waals surface area contributed by atoms with Gasteiger partial charge in [-0.25, -0.2) is 9.78 Å². The molecule has 1 saturated heterocycles. The normalized spacial score (nSPS) is 18.2. The third-order valence-electron chi connectivity index (χ3n) is 4.73. The van der Waals surface area contributed by atoms with E-state index in [1.807, 2.05) is 36.4 Å². The van der Waals surface area contributed by atoms with Crippen molar-refractivity contribution in [2.24, 2.45) is 0 Å². The zero-order chi connectivity index (χ0) is 21.1. The molecule has 1 aliphatic rings. The summed E-state index contributed by atoms with van der Waals surface area (Å²) in [4.78, 5) is 43.6. The second kappa shape index (κ2) is 8.00. The summed E-state index contributed by atoms with van der Waals surface area (Å²) in [5, 5.41) is 3.85. The molecule has 0 radical (unpaired) electrons. The average molecular weight is 418 g/mol. The van der Waals surface area contributed by atoms with E-state index in [0.29, 0.717) is 10.6 Å². The zero-order valence-corrected chi connectivity index (χ0v) is 16.8. The number of hydrogen-bond donors (Lipinski definition) is 2. The van der Waals surface area contributed by atoms with Crippen molar-refractivity contribution in [1.82, 2.24) is 20.7 Å². The van der Waals surface area contributed by atoms with E-state index in [1.165, 1.54) is 11.8 Å². The minimum absolute atomic E-state index is 0.264. The molecule has 1 aromatic heterocycles. The molecule has 30 heavy (non-hydrogen) atoms. The van der Waals surface area contributed by atoms with Gasteiger partial charge in [-0.15, -0.1) is 0 Å². The SMILES string of the molecule is CC1(c2ccccc2)NC(=O)N(NC(=O)c2cccnc2Sc2ccccc2)C1=O. The highest BCUT2D eigenvalue weighted by molar-refractivity contribution is 7.99. The van der Waals surface area contributed by atoms with Crippen LogP contribution in [0.4, 0.5) is 4.79 Å². The van der Waals surface area contributed by atoms with Crippen LogP contribution in [0.2, 0.25) is 0 Å². The van der Waals surface area contributed by atoms with Gasteiger partial charge in [0.05, 0.1) is 5.56 Å². The van der Waals surface area contributed by atoms with Crippen LogP contribution in [-0.4, -0.2) is 27.8 Å². The highest BCUT2D eigenvalue weighted by atomic mass is 32.2. The van der Waals surface area contributed by atoms with Gasteiger partial charge in [-0.1, -0.05) is 60.3 Å². The Kier molecular flexibility index (Phi) is 5.24. The molecular formula is C22H18N4O3S. The van der Waals surface area contributed by atoms with E-state index in [4.69, 9.17) is 0 Å². The molecule has 1 aliphatic heterocycles. The number of benzene rings is 2. The summed E-state index contributed by atoms with van der Waals surface area (Å²) in [5.41, 5.74) is 2.05. The van der Waals surface area contributed by atoms with Gasteiger partial charge in [0.25, 0.3) is 11.8 Å². The third kappa shape index (κ3) is 3.65.